The van der Waals surface area contributed by atoms with Crippen LogP contribution in [0, 0.1) is 0 Å². The monoisotopic (exact) mass is 318 g/mol. The van der Waals surface area contributed by atoms with E-state index in [4.69, 9.17) is 9.47 Å². The Labute approximate surface area is 135 Å². The Hall–Kier alpha value is -2.24. The van der Waals surface area contributed by atoms with Gasteiger partial charge in [-0.25, -0.2) is 0 Å². The number of nitrogens with one attached hydrogen (secondary N) is 1. The van der Waals surface area contributed by atoms with Gasteiger partial charge in [0.15, 0.2) is 11.5 Å². The number of benzene rings is 1. The summed E-state index contributed by atoms with van der Waals surface area (Å²) < 4.78 is 10.7. The van der Waals surface area contributed by atoms with Crippen molar-refractivity contribution in [2.45, 2.75) is 51.7 Å². The maximum Gasteiger partial charge on any atom is 0.243 e. The van der Waals surface area contributed by atoms with Gasteiger partial charge in [0.05, 0.1) is 0 Å². The highest BCUT2D eigenvalue weighted by atomic mass is 16.7. The number of likely N-dealkylation sites (tertiary alicyclic amines) is 1. The largest absolute Gasteiger partial charge is 0.454 e. The summed E-state index contributed by atoms with van der Waals surface area (Å²) in [6.45, 7) is 6.42. The minimum absolute atomic E-state index is 0.0109. The predicted molar refractivity (Wildman–Crippen MR) is 84.0 cm³/mol. The van der Waals surface area contributed by atoms with Gasteiger partial charge in [-0.15, -0.1) is 0 Å². The van der Waals surface area contributed by atoms with Crippen molar-refractivity contribution in [3.63, 3.8) is 0 Å². The van der Waals surface area contributed by atoms with E-state index in [1.807, 2.05) is 39.0 Å². The Morgan fingerprint density at radius 3 is 2.78 bits per heavy atom. The highest BCUT2D eigenvalue weighted by molar-refractivity contribution is 5.91. The Morgan fingerprint density at radius 1 is 1.30 bits per heavy atom. The maximum atomic E-state index is 12.4. The molecule has 2 aliphatic heterocycles. The van der Waals surface area contributed by atoms with Crippen LogP contribution in [0.1, 0.15) is 39.2 Å². The summed E-state index contributed by atoms with van der Waals surface area (Å²) in [7, 11) is 0. The number of ether oxygens (including phenoxy) is 2. The smallest absolute Gasteiger partial charge is 0.243 e. The Morgan fingerprint density at radius 2 is 2.04 bits per heavy atom. The van der Waals surface area contributed by atoms with Gasteiger partial charge in [0.1, 0.15) is 6.04 Å². The van der Waals surface area contributed by atoms with E-state index < -0.39 is 6.04 Å². The predicted octanol–water partition coefficient (Wildman–Crippen LogP) is 1.82. The molecule has 1 unspecified atom stereocenters. The molecule has 0 bridgehead atoms. The van der Waals surface area contributed by atoms with Crippen molar-refractivity contribution < 1.29 is 19.1 Å². The zero-order valence-corrected chi connectivity index (χ0v) is 13.7. The summed E-state index contributed by atoms with van der Waals surface area (Å²) in [5.41, 5.74) is 0.616. The van der Waals surface area contributed by atoms with E-state index in [0.29, 0.717) is 30.9 Å². The Kier molecular flexibility index (Phi) is 3.92. The molecule has 0 spiro atoms. The summed E-state index contributed by atoms with van der Waals surface area (Å²) in [5.74, 6) is 1.31. The molecule has 6 nitrogen and oxygen atoms in total. The lowest BCUT2D eigenvalue weighted by atomic mass is 10.1. The number of fused-ring (bicyclic) bond motifs is 1. The second-order valence-electron chi connectivity index (χ2n) is 7.00. The van der Waals surface area contributed by atoms with E-state index >= 15 is 0 Å². The number of hydrogen-bond donors (Lipinski definition) is 1. The van der Waals surface area contributed by atoms with Gasteiger partial charge in [-0.2, -0.15) is 0 Å². The van der Waals surface area contributed by atoms with Crippen LogP contribution in [-0.4, -0.2) is 35.1 Å². The molecule has 2 amide bonds. The van der Waals surface area contributed by atoms with Crippen LogP contribution in [0.4, 0.5) is 0 Å². The zero-order valence-electron chi connectivity index (χ0n) is 13.7. The first-order valence-electron chi connectivity index (χ1n) is 7.83. The van der Waals surface area contributed by atoms with Gasteiger partial charge >= 0.3 is 0 Å². The summed E-state index contributed by atoms with van der Waals surface area (Å²) in [6, 6.07) is 5.19. The van der Waals surface area contributed by atoms with Gasteiger partial charge in [0, 0.05) is 18.5 Å². The fourth-order valence-electron chi connectivity index (χ4n) is 2.89. The molecule has 0 aromatic heterocycles. The lowest BCUT2D eigenvalue weighted by Gasteiger charge is -2.28. The average Bonchev–Trinajstić information content (AvgIpc) is 3.04. The molecule has 124 valence electrons. The van der Waals surface area contributed by atoms with Crippen molar-refractivity contribution in [1.82, 2.24) is 10.2 Å². The first-order chi connectivity index (χ1) is 10.8. The molecule has 1 saturated heterocycles. The molecule has 23 heavy (non-hydrogen) atoms. The fraction of sp³-hybridized carbons (Fsp3) is 0.529. The van der Waals surface area contributed by atoms with Crippen molar-refractivity contribution >= 4 is 11.8 Å². The molecular weight excluding hydrogens is 296 g/mol. The zero-order chi connectivity index (χ0) is 16.6. The van der Waals surface area contributed by atoms with E-state index in [1.165, 1.54) is 0 Å². The molecule has 0 saturated carbocycles. The van der Waals surface area contributed by atoms with Gasteiger partial charge in [-0.1, -0.05) is 6.07 Å². The van der Waals surface area contributed by atoms with E-state index in [0.717, 1.165) is 5.56 Å². The highest BCUT2D eigenvalue weighted by Gasteiger charge is 2.37. The molecule has 1 aromatic rings. The molecule has 0 radical (unpaired) electrons. The molecule has 1 N–H and O–H groups in total. The number of hydrogen-bond acceptors (Lipinski definition) is 4. The van der Waals surface area contributed by atoms with Crippen LogP contribution in [0.3, 0.4) is 0 Å². The van der Waals surface area contributed by atoms with E-state index in [-0.39, 0.29) is 24.1 Å². The summed E-state index contributed by atoms with van der Waals surface area (Å²) >= 11 is 0. The van der Waals surface area contributed by atoms with Crippen molar-refractivity contribution in [3.8, 4) is 11.5 Å². The van der Waals surface area contributed by atoms with Crippen LogP contribution in [0.5, 0.6) is 11.5 Å². The minimum atomic E-state index is -0.410. The van der Waals surface area contributed by atoms with Crippen LogP contribution in [0.25, 0.3) is 0 Å². The van der Waals surface area contributed by atoms with Crippen LogP contribution in [0.15, 0.2) is 18.2 Å². The van der Waals surface area contributed by atoms with Gasteiger partial charge in [0.25, 0.3) is 0 Å². The minimum Gasteiger partial charge on any atom is -0.454 e. The number of rotatable bonds is 3. The van der Waals surface area contributed by atoms with Crippen LogP contribution in [-0.2, 0) is 16.1 Å². The molecule has 1 aromatic carbocycles. The molecule has 1 atom stereocenters. The van der Waals surface area contributed by atoms with E-state index in [1.54, 1.807) is 4.90 Å². The standard InChI is InChI=1S/C17H22N2O4/c1-17(2,3)18-16(21)12-5-7-15(20)19(12)9-11-4-6-13-14(8-11)23-10-22-13/h4,6,8,12H,5,7,9-10H2,1-3H3,(H,18,21). The number of nitrogens with zero attached hydrogens (tertiary/aromatic N) is 1. The van der Waals surface area contributed by atoms with Crippen molar-refractivity contribution in [2.24, 2.45) is 0 Å². The normalized spacial score (nSPS) is 20.0. The van der Waals surface area contributed by atoms with E-state index in [2.05, 4.69) is 5.32 Å². The summed E-state index contributed by atoms with van der Waals surface area (Å²) in [5, 5.41) is 2.96. The summed E-state index contributed by atoms with van der Waals surface area (Å²) in [4.78, 5) is 26.3. The van der Waals surface area contributed by atoms with Crippen LogP contribution in [0.2, 0.25) is 0 Å². The van der Waals surface area contributed by atoms with Crippen LogP contribution < -0.4 is 14.8 Å². The number of carbonyl (C=O) groups excluding carboxylic acids is 2. The lowest BCUT2D eigenvalue weighted by molar-refractivity contribution is -0.136. The lowest BCUT2D eigenvalue weighted by Crippen LogP contribution is -2.50. The molecule has 6 heteroatoms. The molecule has 0 aliphatic carbocycles. The SMILES string of the molecule is CC(C)(C)NC(=O)C1CCC(=O)N1Cc1ccc2c(c1)OCO2. The average molecular weight is 318 g/mol. The Bertz CT molecular complexity index is 636. The van der Waals surface area contributed by atoms with Gasteiger partial charge < -0.3 is 19.7 Å². The number of amides is 2. The first-order valence-corrected chi connectivity index (χ1v) is 7.83. The second-order valence-corrected chi connectivity index (χ2v) is 7.00. The first kappa shape index (κ1) is 15.6. The van der Waals surface area contributed by atoms with Crippen LogP contribution >= 0.6 is 0 Å². The third-order valence-corrected chi connectivity index (χ3v) is 3.92. The van der Waals surface area contributed by atoms with Crippen molar-refractivity contribution in [3.05, 3.63) is 23.8 Å². The Balaban J connectivity index is 1.74. The fourth-order valence-corrected chi connectivity index (χ4v) is 2.89. The second kappa shape index (κ2) is 5.76. The van der Waals surface area contributed by atoms with Gasteiger partial charge in [-0.05, 0) is 44.9 Å². The summed E-state index contributed by atoms with van der Waals surface area (Å²) in [6.07, 6.45) is 0.970. The molecule has 2 heterocycles. The number of carbonyl (C=O) groups is 2. The molecule has 1 fully saturated rings. The van der Waals surface area contributed by atoms with Gasteiger partial charge in [-0.3, -0.25) is 9.59 Å². The maximum absolute atomic E-state index is 12.4. The van der Waals surface area contributed by atoms with Crippen molar-refractivity contribution in [2.75, 3.05) is 6.79 Å². The van der Waals surface area contributed by atoms with Gasteiger partial charge in [0.2, 0.25) is 18.6 Å². The van der Waals surface area contributed by atoms with E-state index in [9.17, 15) is 9.59 Å². The van der Waals surface area contributed by atoms with Crippen molar-refractivity contribution in [1.29, 1.82) is 0 Å². The molecule has 3 rings (SSSR count). The third-order valence-electron chi connectivity index (χ3n) is 3.92. The highest BCUT2D eigenvalue weighted by Crippen LogP contribution is 2.33. The quantitative estimate of drug-likeness (QED) is 0.923. The molecule has 2 aliphatic rings. The molecular formula is C17H22N2O4. The topological polar surface area (TPSA) is 67.9 Å². The third kappa shape index (κ3) is 3.41.